The minimum Gasteiger partial charge on any atom is -0.460 e. The zero-order valence-electron chi connectivity index (χ0n) is 13.1. The van der Waals surface area contributed by atoms with Crippen LogP contribution in [0.2, 0.25) is 0 Å². The van der Waals surface area contributed by atoms with E-state index in [1.807, 2.05) is 0 Å². The molecule has 0 radical (unpaired) electrons. The van der Waals surface area contributed by atoms with Crippen LogP contribution in [0.15, 0.2) is 24.3 Å². The monoisotopic (exact) mass is 393 g/mol. The molecule has 12 heteroatoms. The van der Waals surface area contributed by atoms with Crippen molar-refractivity contribution in [3.63, 3.8) is 0 Å². The van der Waals surface area contributed by atoms with Crippen molar-refractivity contribution >= 4 is 27.9 Å². The number of hydrogen-bond acceptors (Lipinski definition) is 8. The van der Waals surface area contributed by atoms with Crippen LogP contribution < -0.4 is 0 Å². The molecule has 0 atom stereocenters. The topological polar surface area (TPSA) is 127 Å². The highest BCUT2D eigenvalue weighted by atomic mass is 32.2. The number of aliphatic hydroxyl groups is 1. The van der Waals surface area contributed by atoms with Gasteiger partial charge in [0.25, 0.3) is 11.8 Å². The fraction of sp³-hybridized carbons (Fsp3) is 0.357. The lowest BCUT2D eigenvalue weighted by Crippen LogP contribution is -2.45. The Morgan fingerprint density at radius 1 is 1.12 bits per heavy atom. The minimum atomic E-state index is -6.04. The van der Waals surface area contributed by atoms with E-state index >= 15 is 0 Å². The molecule has 142 valence electrons. The maximum absolute atomic E-state index is 13.9. The molecule has 0 bridgehead atoms. The maximum atomic E-state index is 13.9. The van der Waals surface area contributed by atoms with Gasteiger partial charge in [0.15, 0.2) is 0 Å². The van der Waals surface area contributed by atoms with E-state index in [-0.39, 0.29) is 35.6 Å². The fourth-order valence-electron chi connectivity index (χ4n) is 1.94. The van der Waals surface area contributed by atoms with Crippen LogP contribution in [0.25, 0.3) is 0 Å². The molecule has 0 aromatic heterocycles. The van der Waals surface area contributed by atoms with E-state index in [4.69, 9.17) is 5.11 Å². The smallest absolute Gasteiger partial charge is 0.460 e. The number of hydroxylamine groups is 2. The maximum Gasteiger partial charge on any atom is 0.467 e. The Labute approximate surface area is 146 Å². The first kappa shape index (κ1) is 19.9. The van der Waals surface area contributed by atoms with Gasteiger partial charge in [0.1, 0.15) is 0 Å². The first-order valence-electron chi connectivity index (χ1n) is 7.21. The summed E-state index contributed by atoms with van der Waals surface area (Å²) in [5, 5.41) is 3.02. The quantitative estimate of drug-likeness (QED) is 0.383. The molecule has 26 heavy (non-hydrogen) atoms. The van der Waals surface area contributed by atoms with Crippen LogP contribution >= 0.6 is 0 Å². The number of aliphatic hydroxyl groups excluding tert-OH is 1. The lowest BCUT2D eigenvalue weighted by Gasteiger charge is -2.18. The number of benzene rings is 1. The third-order valence-electron chi connectivity index (χ3n) is 3.27. The number of alkyl halides is 2. The van der Waals surface area contributed by atoms with Gasteiger partial charge in [0, 0.05) is 6.61 Å². The summed E-state index contributed by atoms with van der Waals surface area (Å²) in [6.07, 6.45) is 0.175. The molecule has 0 spiro atoms. The van der Waals surface area contributed by atoms with Gasteiger partial charge in [-0.15, -0.1) is 9.35 Å². The third kappa shape index (κ3) is 3.57. The van der Waals surface area contributed by atoms with Crippen molar-refractivity contribution in [3.05, 3.63) is 35.4 Å². The van der Waals surface area contributed by atoms with E-state index in [1.165, 1.54) is 24.3 Å². The third-order valence-corrected chi connectivity index (χ3v) is 4.41. The van der Waals surface area contributed by atoms with Gasteiger partial charge < -0.3 is 9.84 Å². The molecule has 0 aliphatic carbocycles. The summed E-state index contributed by atoms with van der Waals surface area (Å²) in [6.45, 7) is -0.827. The first-order chi connectivity index (χ1) is 12.1. The number of fused-ring (bicyclic) bond motifs is 1. The second-order valence-corrected chi connectivity index (χ2v) is 6.63. The lowest BCUT2D eigenvalue weighted by molar-refractivity contribution is -0.162. The fourth-order valence-corrected chi connectivity index (χ4v) is 2.63. The molecule has 1 heterocycles. The van der Waals surface area contributed by atoms with Crippen molar-refractivity contribution in [2.75, 3.05) is 13.2 Å². The summed E-state index contributed by atoms with van der Waals surface area (Å²) < 4.78 is 59.2. The van der Waals surface area contributed by atoms with Crippen molar-refractivity contribution in [2.45, 2.75) is 18.1 Å². The van der Waals surface area contributed by atoms with E-state index in [2.05, 4.69) is 9.02 Å². The predicted molar refractivity (Wildman–Crippen MR) is 79.2 cm³/mol. The first-order valence-corrected chi connectivity index (χ1v) is 8.62. The van der Waals surface area contributed by atoms with Crippen molar-refractivity contribution < 1.29 is 45.7 Å². The second kappa shape index (κ2) is 7.43. The van der Waals surface area contributed by atoms with Crippen LogP contribution in [0.5, 0.6) is 0 Å². The summed E-state index contributed by atoms with van der Waals surface area (Å²) in [4.78, 5) is 35.3. The Balaban J connectivity index is 2.14. The normalized spacial score (nSPS) is 14.5. The molecule has 0 saturated heterocycles. The zero-order chi connectivity index (χ0) is 19.5. The van der Waals surface area contributed by atoms with Crippen molar-refractivity contribution in [1.29, 1.82) is 0 Å². The standard InChI is InChI=1S/C14H13F2NO8S/c15-14(16,13(21)24-8-4-3-7-18)26(22,23)25-17-11(19)9-5-1-2-6-10(9)12(17)20/h1-2,5-6,18H,3-4,7-8H2. The number of imide groups is 1. The summed E-state index contributed by atoms with van der Waals surface area (Å²) in [6, 6.07) is 5.11. The van der Waals surface area contributed by atoms with Crippen LogP contribution in [0, 0.1) is 0 Å². The Morgan fingerprint density at radius 3 is 2.15 bits per heavy atom. The molecule has 1 aromatic rings. The van der Waals surface area contributed by atoms with Gasteiger partial charge in [-0.2, -0.15) is 17.2 Å². The molecule has 0 saturated carbocycles. The van der Waals surface area contributed by atoms with Crippen molar-refractivity contribution in [2.24, 2.45) is 0 Å². The average Bonchev–Trinajstić information content (AvgIpc) is 2.83. The molecule has 1 aliphatic heterocycles. The number of carbonyl (C=O) groups excluding carboxylic acids is 3. The number of esters is 1. The number of halogens is 2. The number of hydrogen-bond donors (Lipinski definition) is 1. The Kier molecular flexibility index (Phi) is 5.68. The molecular formula is C14H13F2NO8S. The van der Waals surface area contributed by atoms with Gasteiger partial charge in [0.2, 0.25) is 0 Å². The Bertz CT molecular complexity index is 804. The Hall–Kier alpha value is -2.44. The van der Waals surface area contributed by atoms with E-state index < -0.39 is 39.8 Å². The highest BCUT2D eigenvalue weighted by molar-refractivity contribution is 7.88. The second-order valence-electron chi connectivity index (χ2n) is 5.06. The molecule has 1 aliphatic rings. The largest absolute Gasteiger partial charge is 0.467 e. The van der Waals surface area contributed by atoms with E-state index in [9.17, 15) is 31.6 Å². The van der Waals surface area contributed by atoms with Crippen molar-refractivity contribution in [1.82, 2.24) is 5.06 Å². The SMILES string of the molecule is O=C1c2ccccc2C(=O)N1OS(=O)(=O)C(F)(F)C(=O)OCCCCO. The molecule has 1 aromatic carbocycles. The van der Waals surface area contributed by atoms with Gasteiger partial charge >= 0.3 is 21.3 Å². The number of amides is 2. The number of carbonyl (C=O) groups is 3. The summed E-state index contributed by atoms with van der Waals surface area (Å²) in [5.74, 6) is -4.95. The highest BCUT2D eigenvalue weighted by Crippen LogP contribution is 2.30. The number of ether oxygens (including phenoxy) is 1. The van der Waals surface area contributed by atoms with Crippen LogP contribution in [0.1, 0.15) is 33.6 Å². The molecular weight excluding hydrogens is 380 g/mol. The summed E-state index contributed by atoms with van der Waals surface area (Å²) >= 11 is 0. The molecule has 2 amide bonds. The van der Waals surface area contributed by atoms with Crippen LogP contribution in [-0.4, -0.2) is 54.8 Å². The molecule has 2 rings (SSSR count). The number of nitrogens with zero attached hydrogens (tertiary/aromatic N) is 1. The van der Waals surface area contributed by atoms with Gasteiger partial charge in [-0.25, -0.2) is 4.79 Å². The number of rotatable bonds is 8. The number of unbranched alkanes of at least 4 members (excludes halogenated alkanes) is 1. The molecule has 9 nitrogen and oxygen atoms in total. The lowest BCUT2D eigenvalue weighted by atomic mass is 10.1. The van der Waals surface area contributed by atoms with Crippen LogP contribution in [-0.2, 0) is 23.9 Å². The molecule has 0 fully saturated rings. The van der Waals surface area contributed by atoms with Gasteiger partial charge in [-0.1, -0.05) is 12.1 Å². The van der Waals surface area contributed by atoms with Crippen LogP contribution in [0.3, 0.4) is 0 Å². The highest BCUT2D eigenvalue weighted by Gasteiger charge is 2.58. The average molecular weight is 393 g/mol. The minimum absolute atomic E-state index is 0.0254. The van der Waals surface area contributed by atoms with Crippen LogP contribution in [0.4, 0.5) is 8.78 Å². The zero-order valence-corrected chi connectivity index (χ0v) is 13.9. The molecule has 1 N–H and O–H groups in total. The predicted octanol–water partition coefficient (Wildman–Crippen LogP) is 0.453. The van der Waals surface area contributed by atoms with E-state index in [0.29, 0.717) is 0 Å². The Morgan fingerprint density at radius 2 is 1.65 bits per heavy atom. The summed E-state index contributed by atoms with van der Waals surface area (Å²) in [5.41, 5.74) is -0.467. The van der Waals surface area contributed by atoms with Crippen molar-refractivity contribution in [3.8, 4) is 0 Å². The van der Waals surface area contributed by atoms with E-state index in [1.54, 1.807) is 0 Å². The van der Waals surface area contributed by atoms with E-state index in [0.717, 1.165) is 0 Å². The van der Waals surface area contributed by atoms with Gasteiger partial charge in [-0.05, 0) is 25.0 Å². The van der Waals surface area contributed by atoms with Gasteiger partial charge in [-0.3, -0.25) is 9.59 Å². The molecule has 0 unspecified atom stereocenters. The van der Waals surface area contributed by atoms with Gasteiger partial charge in [0.05, 0.1) is 17.7 Å². The summed E-state index contributed by atoms with van der Waals surface area (Å²) in [7, 11) is -6.04.